The first kappa shape index (κ1) is 14.6. The van der Waals surface area contributed by atoms with E-state index in [4.69, 9.17) is 5.73 Å². The van der Waals surface area contributed by atoms with Crippen LogP contribution in [0.3, 0.4) is 0 Å². The number of hydrogen-bond donors (Lipinski definition) is 2. The van der Waals surface area contributed by atoms with E-state index < -0.39 is 0 Å². The second kappa shape index (κ2) is 7.08. The Hall–Kier alpha value is -1.84. The fraction of sp³-hybridized carbons (Fsp3) is 0.294. The molecular weight excluding hydrogens is 248 g/mol. The molecule has 2 aromatic carbocycles. The van der Waals surface area contributed by atoms with E-state index in [1.54, 1.807) is 6.07 Å². The number of benzene rings is 2. The summed E-state index contributed by atoms with van der Waals surface area (Å²) in [5.41, 5.74) is 8.10. The fourth-order valence-electron chi connectivity index (χ4n) is 2.50. The maximum atomic E-state index is 10.0. The van der Waals surface area contributed by atoms with E-state index in [0.717, 1.165) is 18.7 Å². The number of rotatable bonds is 6. The molecule has 0 aliphatic carbocycles. The Morgan fingerprint density at radius 1 is 1.05 bits per heavy atom. The van der Waals surface area contributed by atoms with Crippen LogP contribution in [0.2, 0.25) is 0 Å². The highest BCUT2D eigenvalue weighted by Crippen LogP contribution is 2.28. The zero-order valence-electron chi connectivity index (χ0n) is 11.9. The fourth-order valence-corrected chi connectivity index (χ4v) is 2.50. The van der Waals surface area contributed by atoms with Crippen LogP contribution in [0.15, 0.2) is 54.6 Å². The van der Waals surface area contributed by atoms with Gasteiger partial charge in [0.2, 0.25) is 0 Å². The molecule has 0 aliphatic heterocycles. The Morgan fingerprint density at radius 2 is 1.70 bits per heavy atom. The molecule has 2 rings (SSSR count). The van der Waals surface area contributed by atoms with Crippen molar-refractivity contribution in [3.05, 3.63) is 65.7 Å². The average Bonchev–Trinajstić information content (AvgIpc) is 2.49. The summed E-state index contributed by atoms with van der Waals surface area (Å²) >= 11 is 0. The van der Waals surface area contributed by atoms with Crippen LogP contribution in [0.5, 0.6) is 5.75 Å². The summed E-state index contributed by atoms with van der Waals surface area (Å²) in [4.78, 5) is 2.28. The van der Waals surface area contributed by atoms with Crippen molar-refractivity contribution >= 4 is 0 Å². The molecule has 0 aromatic heterocycles. The molecule has 1 atom stereocenters. The average molecular weight is 270 g/mol. The minimum absolute atomic E-state index is 0.0291. The van der Waals surface area contributed by atoms with Crippen LogP contribution in [-0.4, -0.2) is 23.1 Å². The highest BCUT2D eigenvalue weighted by molar-refractivity contribution is 5.35. The molecule has 2 aromatic rings. The topological polar surface area (TPSA) is 49.5 Å². The minimum Gasteiger partial charge on any atom is -0.508 e. The van der Waals surface area contributed by atoms with E-state index in [1.165, 1.54) is 5.56 Å². The van der Waals surface area contributed by atoms with Gasteiger partial charge in [-0.3, -0.25) is 4.90 Å². The van der Waals surface area contributed by atoms with Crippen LogP contribution in [0.25, 0.3) is 0 Å². The first-order valence-corrected chi connectivity index (χ1v) is 7.02. The first-order chi connectivity index (χ1) is 9.76. The summed E-state index contributed by atoms with van der Waals surface area (Å²) < 4.78 is 0. The number of para-hydroxylation sites is 1. The summed E-state index contributed by atoms with van der Waals surface area (Å²) in [6.07, 6.45) is 0. The van der Waals surface area contributed by atoms with Crippen molar-refractivity contribution in [2.45, 2.75) is 19.5 Å². The third kappa shape index (κ3) is 3.38. The van der Waals surface area contributed by atoms with Crippen molar-refractivity contribution in [1.82, 2.24) is 4.90 Å². The van der Waals surface area contributed by atoms with E-state index in [0.29, 0.717) is 12.3 Å². The molecule has 0 aliphatic rings. The smallest absolute Gasteiger partial charge is 0.120 e. The monoisotopic (exact) mass is 270 g/mol. The van der Waals surface area contributed by atoms with Gasteiger partial charge in [-0.05, 0) is 18.2 Å². The van der Waals surface area contributed by atoms with Gasteiger partial charge in [-0.25, -0.2) is 0 Å². The van der Waals surface area contributed by atoms with Crippen molar-refractivity contribution in [1.29, 1.82) is 0 Å². The van der Waals surface area contributed by atoms with E-state index in [2.05, 4.69) is 24.0 Å². The van der Waals surface area contributed by atoms with Crippen LogP contribution < -0.4 is 5.73 Å². The van der Waals surface area contributed by atoms with Crippen LogP contribution in [0.4, 0.5) is 0 Å². The van der Waals surface area contributed by atoms with E-state index >= 15 is 0 Å². The molecule has 0 amide bonds. The zero-order valence-corrected chi connectivity index (χ0v) is 11.9. The Labute approximate surface area is 120 Å². The Morgan fingerprint density at radius 3 is 2.30 bits per heavy atom. The minimum atomic E-state index is 0.0291. The maximum absolute atomic E-state index is 10.0. The summed E-state index contributed by atoms with van der Waals surface area (Å²) in [6, 6.07) is 17.8. The molecule has 0 spiro atoms. The van der Waals surface area contributed by atoms with Gasteiger partial charge < -0.3 is 10.8 Å². The molecule has 3 heteroatoms. The highest BCUT2D eigenvalue weighted by Gasteiger charge is 2.20. The summed E-state index contributed by atoms with van der Waals surface area (Å²) in [6.45, 7) is 4.31. The quantitative estimate of drug-likeness (QED) is 0.848. The number of likely N-dealkylation sites (N-methyl/N-ethyl adjacent to an activating group) is 1. The van der Waals surface area contributed by atoms with Gasteiger partial charge in [-0.2, -0.15) is 0 Å². The molecule has 106 valence electrons. The van der Waals surface area contributed by atoms with Gasteiger partial charge in [0, 0.05) is 18.7 Å². The van der Waals surface area contributed by atoms with Gasteiger partial charge in [0.15, 0.2) is 0 Å². The Balaban J connectivity index is 2.22. The lowest BCUT2D eigenvalue weighted by Crippen LogP contribution is -2.33. The number of phenols is 1. The molecule has 0 heterocycles. The number of nitrogens with zero attached hydrogens (tertiary/aromatic N) is 1. The molecule has 0 saturated heterocycles. The molecule has 0 bridgehead atoms. The zero-order chi connectivity index (χ0) is 14.4. The third-order valence-corrected chi connectivity index (χ3v) is 3.59. The highest BCUT2D eigenvalue weighted by atomic mass is 16.3. The molecule has 0 radical (unpaired) electrons. The summed E-state index contributed by atoms with van der Waals surface area (Å²) in [7, 11) is 0. The van der Waals surface area contributed by atoms with Crippen LogP contribution in [0.1, 0.15) is 24.1 Å². The van der Waals surface area contributed by atoms with Crippen molar-refractivity contribution in [2.24, 2.45) is 5.73 Å². The third-order valence-electron chi connectivity index (χ3n) is 3.59. The van der Waals surface area contributed by atoms with Crippen molar-refractivity contribution in [3.63, 3.8) is 0 Å². The van der Waals surface area contributed by atoms with Gasteiger partial charge in [0.1, 0.15) is 5.75 Å². The largest absolute Gasteiger partial charge is 0.508 e. The molecule has 0 saturated carbocycles. The standard InChI is InChI=1S/C17H22N2O/c1-2-19(13-14-8-4-3-5-9-14)16(12-18)15-10-6-7-11-17(15)20/h3-11,16,20H,2,12-13,18H2,1H3. The predicted octanol–water partition coefficient (Wildman–Crippen LogP) is 2.91. The lowest BCUT2D eigenvalue weighted by Gasteiger charge is -2.30. The molecule has 1 unspecified atom stereocenters. The van der Waals surface area contributed by atoms with Crippen molar-refractivity contribution < 1.29 is 5.11 Å². The lowest BCUT2D eigenvalue weighted by molar-refractivity contribution is 0.200. The predicted molar refractivity (Wildman–Crippen MR) is 82.4 cm³/mol. The normalized spacial score (nSPS) is 12.6. The van der Waals surface area contributed by atoms with Gasteiger partial charge in [-0.1, -0.05) is 55.5 Å². The van der Waals surface area contributed by atoms with Crippen LogP contribution >= 0.6 is 0 Å². The van der Waals surface area contributed by atoms with Crippen molar-refractivity contribution in [2.75, 3.05) is 13.1 Å². The van der Waals surface area contributed by atoms with Crippen LogP contribution in [-0.2, 0) is 6.54 Å². The number of aromatic hydroxyl groups is 1. The first-order valence-electron chi connectivity index (χ1n) is 7.02. The molecular formula is C17H22N2O. The summed E-state index contributed by atoms with van der Waals surface area (Å²) in [5.74, 6) is 0.314. The molecule has 0 fully saturated rings. The SMILES string of the molecule is CCN(Cc1ccccc1)C(CN)c1ccccc1O. The van der Waals surface area contributed by atoms with Gasteiger partial charge >= 0.3 is 0 Å². The number of hydrogen-bond acceptors (Lipinski definition) is 3. The number of phenolic OH excluding ortho intramolecular Hbond substituents is 1. The summed E-state index contributed by atoms with van der Waals surface area (Å²) in [5, 5.41) is 10.0. The van der Waals surface area contributed by atoms with E-state index in [-0.39, 0.29) is 6.04 Å². The van der Waals surface area contributed by atoms with Gasteiger partial charge in [0.05, 0.1) is 6.04 Å². The van der Waals surface area contributed by atoms with Gasteiger partial charge in [-0.15, -0.1) is 0 Å². The second-order valence-corrected chi connectivity index (χ2v) is 4.86. The van der Waals surface area contributed by atoms with E-state index in [1.807, 2.05) is 36.4 Å². The molecule has 20 heavy (non-hydrogen) atoms. The lowest BCUT2D eigenvalue weighted by atomic mass is 10.0. The molecule has 3 N–H and O–H groups in total. The van der Waals surface area contributed by atoms with Crippen molar-refractivity contribution in [3.8, 4) is 5.75 Å². The molecule has 3 nitrogen and oxygen atoms in total. The van der Waals surface area contributed by atoms with Gasteiger partial charge in [0.25, 0.3) is 0 Å². The Kier molecular flexibility index (Phi) is 5.16. The number of nitrogens with two attached hydrogens (primary N) is 1. The van der Waals surface area contributed by atoms with Crippen LogP contribution in [0, 0.1) is 0 Å². The Bertz CT molecular complexity index is 528. The second-order valence-electron chi connectivity index (χ2n) is 4.86. The maximum Gasteiger partial charge on any atom is 0.120 e. The van der Waals surface area contributed by atoms with E-state index in [9.17, 15) is 5.11 Å².